The average molecular weight is 179 g/mol. The minimum Gasteiger partial charge on any atom is -0.479 e. The number of aliphatic carboxylic acids is 1. The van der Waals surface area contributed by atoms with Gasteiger partial charge in [0.1, 0.15) is 12.0 Å². The lowest BCUT2D eigenvalue weighted by Gasteiger charge is -2.00. The Morgan fingerprint density at radius 2 is 2.31 bits per heavy atom. The maximum atomic E-state index is 10.6. The van der Waals surface area contributed by atoms with Crippen molar-refractivity contribution in [1.82, 2.24) is 9.97 Å². The van der Waals surface area contributed by atoms with Crippen LogP contribution in [0, 0.1) is 0 Å². The van der Waals surface area contributed by atoms with Gasteiger partial charge < -0.3 is 10.8 Å². The first kappa shape index (κ1) is 7.59. The molecule has 1 aromatic rings. The standard InChI is InChI=1S/C6H5N5O2/c7-5-3-2(8-1-9-5)4(6(12)13)11-10-3/h1,4H,(H,12,13)(H2,7,8,9). The van der Waals surface area contributed by atoms with Gasteiger partial charge in [-0.1, -0.05) is 0 Å². The van der Waals surface area contributed by atoms with Gasteiger partial charge in [-0.05, 0) is 0 Å². The lowest BCUT2D eigenvalue weighted by molar-refractivity contribution is -0.138. The van der Waals surface area contributed by atoms with E-state index in [1.807, 2.05) is 0 Å². The van der Waals surface area contributed by atoms with Gasteiger partial charge in [-0.15, -0.1) is 5.11 Å². The number of azo groups is 1. The number of anilines is 1. The summed E-state index contributed by atoms with van der Waals surface area (Å²) in [5.41, 5.74) is 5.95. The zero-order valence-electron chi connectivity index (χ0n) is 6.38. The Bertz CT molecular complexity index is 402. The van der Waals surface area contributed by atoms with Gasteiger partial charge in [0.2, 0.25) is 6.04 Å². The number of hydrogen-bond acceptors (Lipinski definition) is 6. The smallest absolute Gasteiger partial charge is 0.336 e. The summed E-state index contributed by atoms with van der Waals surface area (Å²) < 4.78 is 0. The summed E-state index contributed by atoms with van der Waals surface area (Å²) in [7, 11) is 0. The fourth-order valence-electron chi connectivity index (χ4n) is 1.05. The minimum absolute atomic E-state index is 0.150. The van der Waals surface area contributed by atoms with Crippen LogP contribution in [0.15, 0.2) is 16.6 Å². The zero-order chi connectivity index (χ0) is 9.42. The Balaban J connectivity index is 2.55. The van der Waals surface area contributed by atoms with Crippen LogP contribution < -0.4 is 5.73 Å². The lowest BCUT2D eigenvalue weighted by Crippen LogP contribution is -2.08. The third-order valence-corrected chi connectivity index (χ3v) is 1.65. The summed E-state index contributed by atoms with van der Waals surface area (Å²) in [5, 5.41) is 15.8. The summed E-state index contributed by atoms with van der Waals surface area (Å²) in [4.78, 5) is 18.0. The molecule has 0 fully saturated rings. The highest BCUT2D eigenvalue weighted by atomic mass is 16.4. The SMILES string of the molecule is Nc1ncnc2c1N=NC2C(=O)O. The van der Waals surface area contributed by atoms with Crippen molar-refractivity contribution >= 4 is 17.5 Å². The molecule has 7 heteroatoms. The highest BCUT2D eigenvalue weighted by molar-refractivity contribution is 5.80. The van der Waals surface area contributed by atoms with Crippen molar-refractivity contribution in [3.8, 4) is 0 Å². The van der Waals surface area contributed by atoms with Gasteiger partial charge in [0, 0.05) is 0 Å². The molecule has 0 bridgehead atoms. The minimum atomic E-state index is -1.10. The van der Waals surface area contributed by atoms with Crippen LogP contribution in [0.1, 0.15) is 11.7 Å². The Morgan fingerprint density at radius 1 is 1.54 bits per heavy atom. The molecule has 13 heavy (non-hydrogen) atoms. The van der Waals surface area contributed by atoms with E-state index in [-0.39, 0.29) is 17.2 Å². The first-order valence-electron chi connectivity index (χ1n) is 3.44. The normalized spacial score (nSPS) is 18.6. The Labute approximate surface area is 72.3 Å². The van der Waals surface area contributed by atoms with Crippen LogP contribution in [0.25, 0.3) is 0 Å². The fourth-order valence-corrected chi connectivity index (χ4v) is 1.05. The van der Waals surface area contributed by atoms with Crippen LogP contribution in [0.3, 0.4) is 0 Å². The first-order chi connectivity index (χ1) is 6.20. The Hall–Kier alpha value is -2.05. The third kappa shape index (κ3) is 1.01. The molecule has 1 aromatic heterocycles. The molecule has 0 amide bonds. The second kappa shape index (κ2) is 2.47. The number of rotatable bonds is 1. The first-order valence-corrected chi connectivity index (χ1v) is 3.44. The number of aromatic nitrogens is 2. The van der Waals surface area contributed by atoms with Gasteiger partial charge in [-0.3, -0.25) is 0 Å². The molecule has 1 aliphatic rings. The second-order valence-electron chi connectivity index (χ2n) is 2.45. The summed E-state index contributed by atoms with van der Waals surface area (Å²) >= 11 is 0. The predicted molar refractivity (Wildman–Crippen MR) is 41.3 cm³/mol. The molecule has 1 aliphatic heterocycles. The van der Waals surface area contributed by atoms with Crippen LogP contribution in [0.4, 0.5) is 11.5 Å². The quantitative estimate of drug-likeness (QED) is 0.642. The largest absolute Gasteiger partial charge is 0.479 e. The molecular weight excluding hydrogens is 174 g/mol. The van der Waals surface area contributed by atoms with E-state index in [0.717, 1.165) is 0 Å². The molecule has 1 unspecified atom stereocenters. The van der Waals surface area contributed by atoms with Gasteiger partial charge in [-0.25, -0.2) is 14.8 Å². The van der Waals surface area contributed by atoms with Crippen LogP contribution in [-0.2, 0) is 4.79 Å². The van der Waals surface area contributed by atoms with E-state index < -0.39 is 12.0 Å². The number of carbonyl (C=O) groups is 1. The number of carboxylic acids is 1. The van der Waals surface area contributed by atoms with Gasteiger partial charge in [0.25, 0.3) is 0 Å². The van der Waals surface area contributed by atoms with E-state index >= 15 is 0 Å². The predicted octanol–water partition coefficient (Wildman–Crippen LogP) is 0.282. The van der Waals surface area contributed by atoms with Crippen LogP contribution >= 0.6 is 0 Å². The van der Waals surface area contributed by atoms with Crippen LogP contribution in [-0.4, -0.2) is 21.0 Å². The molecule has 0 aliphatic carbocycles. The summed E-state index contributed by atoms with van der Waals surface area (Å²) in [6, 6.07) is -1.04. The van der Waals surface area contributed by atoms with Crippen molar-refractivity contribution in [3.05, 3.63) is 12.0 Å². The van der Waals surface area contributed by atoms with Crippen molar-refractivity contribution in [2.75, 3.05) is 5.73 Å². The van der Waals surface area contributed by atoms with Crippen molar-refractivity contribution in [2.45, 2.75) is 6.04 Å². The van der Waals surface area contributed by atoms with Crippen LogP contribution in [0.2, 0.25) is 0 Å². The van der Waals surface area contributed by atoms with Gasteiger partial charge in [0.15, 0.2) is 11.5 Å². The van der Waals surface area contributed by atoms with Crippen molar-refractivity contribution < 1.29 is 9.90 Å². The van der Waals surface area contributed by atoms with Crippen molar-refractivity contribution in [3.63, 3.8) is 0 Å². The van der Waals surface area contributed by atoms with E-state index in [0.29, 0.717) is 0 Å². The van der Waals surface area contributed by atoms with Gasteiger partial charge >= 0.3 is 5.97 Å². The van der Waals surface area contributed by atoms with E-state index in [4.69, 9.17) is 10.8 Å². The molecule has 0 spiro atoms. The molecule has 1 atom stereocenters. The molecule has 7 nitrogen and oxygen atoms in total. The molecule has 0 saturated carbocycles. The molecular formula is C6H5N5O2. The number of carboxylic acid groups (broad SMARTS) is 1. The van der Waals surface area contributed by atoms with Crippen molar-refractivity contribution in [2.24, 2.45) is 10.2 Å². The van der Waals surface area contributed by atoms with E-state index in [2.05, 4.69) is 20.2 Å². The number of nitrogens with two attached hydrogens (primary N) is 1. The summed E-state index contributed by atoms with van der Waals surface area (Å²) in [5.74, 6) is -0.946. The Morgan fingerprint density at radius 3 is 3.00 bits per heavy atom. The van der Waals surface area contributed by atoms with Gasteiger partial charge in [-0.2, -0.15) is 5.11 Å². The van der Waals surface area contributed by atoms with Crippen molar-refractivity contribution in [1.29, 1.82) is 0 Å². The summed E-state index contributed by atoms with van der Waals surface area (Å²) in [6.07, 6.45) is 1.19. The Kier molecular flexibility index (Phi) is 1.44. The fraction of sp³-hybridized carbons (Fsp3) is 0.167. The topological polar surface area (TPSA) is 114 Å². The molecule has 0 saturated heterocycles. The maximum Gasteiger partial charge on any atom is 0.336 e. The van der Waals surface area contributed by atoms with Crippen LogP contribution in [0.5, 0.6) is 0 Å². The van der Waals surface area contributed by atoms with Gasteiger partial charge in [0.05, 0.1) is 0 Å². The third-order valence-electron chi connectivity index (χ3n) is 1.65. The second-order valence-corrected chi connectivity index (χ2v) is 2.45. The molecule has 2 heterocycles. The molecule has 3 N–H and O–H groups in total. The molecule has 66 valence electrons. The average Bonchev–Trinajstić information content (AvgIpc) is 2.48. The maximum absolute atomic E-state index is 10.6. The lowest BCUT2D eigenvalue weighted by atomic mass is 10.2. The molecule has 0 radical (unpaired) electrons. The van der Waals surface area contributed by atoms with E-state index in [1.54, 1.807) is 0 Å². The number of nitrogens with zero attached hydrogens (tertiary/aromatic N) is 4. The number of nitrogen functional groups attached to an aromatic ring is 1. The summed E-state index contributed by atoms with van der Waals surface area (Å²) in [6.45, 7) is 0. The number of hydrogen-bond donors (Lipinski definition) is 2. The highest BCUT2D eigenvalue weighted by Gasteiger charge is 2.30. The molecule has 0 aromatic carbocycles. The zero-order valence-corrected chi connectivity index (χ0v) is 6.38. The molecule has 2 rings (SSSR count). The monoisotopic (exact) mass is 179 g/mol. The number of fused-ring (bicyclic) bond motifs is 1. The van der Waals surface area contributed by atoms with E-state index in [1.165, 1.54) is 6.33 Å². The van der Waals surface area contributed by atoms with E-state index in [9.17, 15) is 4.79 Å². The highest BCUT2D eigenvalue weighted by Crippen LogP contribution is 2.36.